The molecular formula is C24H22ClN3O4S2. The molecule has 1 fully saturated rings. The number of amides is 1. The molecule has 7 nitrogen and oxygen atoms in total. The van der Waals surface area contributed by atoms with Crippen LogP contribution in [-0.4, -0.2) is 36.2 Å². The Morgan fingerprint density at radius 1 is 1.21 bits per heavy atom. The third kappa shape index (κ3) is 4.24. The van der Waals surface area contributed by atoms with Gasteiger partial charge in [0.1, 0.15) is 17.3 Å². The van der Waals surface area contributed by atoms with Gasteiger partial charge in [-0.25, -0.2) is 13.4 Å². The molecule has 0 aliphatic carbocycles. The highest BCUT2D eigenvalue weighted by Crippen LogP contribution is 2.35. The molecule has 2 aromatic heterocycles. The summed E-state index contributed by atoms with van der Waals surface area (Å²) in [4.78, 5) is 20.2. The Kier molecular flexibility index (Phi) is 6.20. The molecule has 1 aliphatic heterocycles. The molecule has 1 amide bonds. The molecule has 1 atom stereocenters. The van der Waals surface area contributed by atoms with Crippen LogP contribution in [0.3, 0.4) is 0 Å². The van der Waals surface area contributed by atoms with Crippen LogP contribution in [0.2, 0.25) is 5.02 Å². The number of para-hydroxylation sites is 1. The van der Waals surface area contributed by atoms with Crippen molar-refractivity contribution in [3.63, 3.8) is 0 Å². The highest BCUT2D eigenvalue weighted by atomic mass is 35.5. The third-order valence-corrected chi connectivity index (χ3v) is 9.14. The first kappa shape index (κ1) is 23.0. The van der Waals surface area contributed by atoms with Crippen molar-refractivity contribution in [1.29, 1.82) is 0 Å². The molecular weight excluding hydrogens is 494 g/mol. The summed E-state index contributed by atoms with van der Waals surface area (Å²) in [5, 5.41) is 0.943. The van der Waals surface area contributed by atoms with Gasteiger partial charge in [-0.15, -0.1) is 0 Å². The van der Waals surface area contributed by atoms with Crippen molar-refractivity contribution in [3.8, 4) is 0 Å². The lowest BCUT2D eigenvalue weighted by atomic mass is 10.2. The van der Waals surface area contributed by atoms with E-state index in [9.17, 15) is 13.2 Å². The van der Waals surface area contributed by atoms with E-state index < -0.39 is 16.1 Å². The third-order valence-electron chi connectivity index (χ3n) is 5.87. The molecule has 0 saturated carbocycles. The van der Waals surface area contributed by atoms with Crippen LogP contribution in [0, 0.1) is 6.92 Å². The summed E-state index contributed by atoms with van der Waals surface area (Å²) in [5.74, 6) is 0.240. The zero-order valence-corrected chi connectivity index (χ0v) is 20.7. The lowest BCUT2D eigenvalue weighted by Gasteiger charge is -2.28. The quantitative estimate of drug-likeness (QED) is 0.351. The molecule has 5 rings (SSSR count). The predicted octanol–water partition coefficient (Wildman–Crippen LogP) is 5.24. The second kappa shape index (κ2) is 9.14. The SMILES string of the molecule is Cc1ccc(S(=O)(=O)N2CCCC2C(=O)N(Cc2ccco2)c2nc3c(Cl)cccc3s2)cc1. The van der Waals surface area contributed by atoms with E-state index in [1.807, 2.05) is 19.1 Å². The van der Waals surface area contributed by atoms with E-state index in [0.29, 0.717) is 34.3 Å². The van der Waals surface area contributed by atoms with Crippen molar-refractivity contribution in [3.05, 3.63) is 77.2 Å². The standard InChI is InChI=1S/C24H22ClN3O4S2/c1-16-9-11-18(12-10-16)34(30,31)28-13-3-7-20(28)23(29)27(15-17-5-4-14-32-17)24-26-22-19(25)6-2-8-21(22)33-24/h2,4-6,8-12,14,20H,3,7,13,15H2,1H3. The minimum Gasteiger partial charge on any atom is -0.467 e. The molecule has 4 aromatic rings. The van der Waals surface area contributed by atoms with E-state index in [0.717, 1.165) is 10.3 Å². The van der Waals surface area contributed by atoms with Crippen molar-refractivity contribution in [2.24, 2.45) is 0 Å². The summed E-state index contributed by atoms with van der Waals surface area (Å²) in [6.45, 7) is 2.32. The average Bonchev–Trinajstić information content (AvgIpc) is 3.58. The number of rotatable bonds is 6. The van der Waals surface area contributed by atoms with E-state index in [1.165, 1.54) is 26.8 Å². The number of thiazole rings is 1. The zero-order valence-electron chi connectivity index (χ0n) is 18.3. The van der Waals surface area contributed by atoms with E-state index in [4.69, 9.17) is 16.0 Å². The number of benzene rings is 2. The van der Waals surface area contributed by atoms with Gasteiger partial charge in [0.15, 0.2) is 5.13 Å². The van der Waals surface area contributed by atoms with Crippen LogP contribution in [0.4, 0.5) is 5.13 Å². The number of furan rings is 1. The number of carbonyl (C=O) groups is 1. The highest BCUT2D eigenvalue weighted by molar-refractivity contribution is 7.89. The first-order valence-corrected chi connectivity index (χ1v) is 13.5. The van der Waals surface area contributed by atoms with Gasteiger partial charge >= 0.3 is 0 Å². The Bertz CT molecular complexity index is 1430. The summed E-state index contributed by atoms with van der Waals surface area (Å²) in [6, 6.07) is 14.8. The second-order valence-electron chi connectivity index (χ2n) is 8.17. The van der Waals surface area contributed by atoms with Crippen molar-refractivity contribution in [2.75, 3.05) is 11.4 Å². The first-order valence-electron chi connectivity index (χ1n) is 10.8. The molecule has 0 N–H and O–H groups in total. The number of aromatic nitrogens is 1. The van der Waals surface area contributed by atoms with Crippen LogP contribution < -0.4 is 4.90 Å². The van der Waals surface area contributed by atoms with Crippen LogP contribution in [0.1, 0.15) is 24.2 Å². The summed E-state index contributed by atoms with van der Waals surface area (Å²) in [5.41, 5.74) is 1.57. The number of fused-ring (bicyclic) bond motifs is 1. The highest BCUT2D eigenvalue weighted by Gasteiger charge is 2.42. The van der Waals surface area contributed by atoms with Gasteiger partial charge in [-0.1, -0.05) is 46.7 Å². The van der Waals surface area contributed by atoms with Crippen LogP contribution in [0.25, 0.3) is 10.2 Å². The fourth-order valence-corrected chi connectivity index (χ4v) is 7.04. The number of anilines is 1. The topological polar surface area (TPSA) is 83.7 Å². The van der Waals surface area contributed by atoms with Gasteiger partial charge < -0.3 is 4.42 Å². The van der Waals surface area contributed by atoms with Crippen LogP contribution in [-0.2, 0) is 21.4 Å². The molecule has 2 aromatic carbocycles. The molecule has 34 heavy (non-hydrogen) atoms. The zero-order chi connectivity index (χ0) is 23.9. The van der Waals surface area contributed by atoms with Gasteiger partial charge in [0, 0.05) is 6.54 Å². The maximum atomic E-state index is 13.9. The Labute approximate surface area is 206 Å². The number of hydrogen-bond donors (Lipinski definition) is 0. The first-order chi connectivity index (χ1) is 16.3. The number of hydrogen-bond acceptors (Lipinski definition) is 6. The fraction of sp³-hybridized carbons (Fsp3) is 0.250. The molecule has 1 aliphatic rings. The minimum absolute atomic E-state index is 0.137. The molecule has 176 valence electrons. The van der Waals surface area contributed by atoms with E-state index in [-0.39, 0.29) is 23.9 Å². The Morgan fingerprint density at radius 3 is 2.71 bits per heavy atom. The molecule has 1 unspecified atom stereocenters. The fourth-order valence-electron chi connectivity index (χ4n) is 4.12. The van der Waals surface area contributed by atoms with Gasteiger partial charge in [-0.05, 0) is 56.2 Å². The molecule has 1 saturated heterocycles. The lowest BCUT2D eigenvalue weighted by molar-refractivity contribution is -0.121. The maximum Gasteiger partial charge on any atom is 0.247 e. The summed E-state index contributed by atoms with van der Waals surface area (Å²) in [7, 11) is -3.83. The minimum atomic E-state index is -3.83. The van der Waals surface area contributed by atoms with Crippen molar-refractivity contribution >= 4 is 54.2 Å². The molecule has 10 heteroatoms. The summed E-state index contributed by atoms with van der Waals surface area (Å²) >= 11 is 7.66. The normalized spacial score (nSPS) is 16.8. The number of nitrogens with zero attached hydrogens (tertiary/aromatic N) is 3. The largest absolute Gasteiger partial charge is 0.467 e. The Balaban J connectivity index is 1.52. The van der Waals surface area contributed by atoms with Crippen molar-refractivity contribution in [2.45, 2.75) is 37.2 Å². The molecule has 0 bridgehead atoms. The van der Waals surface area contributed by atoms with Crippen LogP contribution >= 0.6 is 22.9 Å². The van der Waals surface area contributed by atoms with Gasteiger partial charge in [0.05, 0.1) is 27.4 Å². The van der Waals surface area contributed by atoms with Crippen molar-refractivity contribution < 1.29 is 17.6 Å². The van der Waals surface area contributed by atoms with Crippen LogP contribution in [0.5, 0.6) is 0 Å². The average molecular weight is 516 g/mol. The number of carbonyl (C=O) groups excluding carboxylic acids is 1. The van der Waals surface area contributed by atoms with Crippen molar-refractivity contribution in [1.82, 2.24) is 9.29 Å². The molecule has 3 heterocycles. The maximum absolute atomic E-state index is 13.9. The smallest absolute Gasteiger partial charge is 0.247 e. The van der Waals surface area contributed by atoms with E-state index >= 15 is 0 Å². The lowest BCUT2D eigenvalue weighted by Crippen LogP contribution is -2.47. The summed E-state index contributed by atoms with van der Waals surface area (Å²) < 4.78 is 34.5. The number of sulfonamides is 1. The monoisotopic (exact) mass is 515 g/mol. The predicted molar refractivity (Wildman–Crippen MR) is 133 cm³/mol. The number of halogens is 1. The van der Waals surface area contributed by atoms with Crippen LogP contribution in [0.15, 0.2) is 70.2 Å². The number of aryl methyl sites for hydroxylation is 1. The van der Waals surface area contributed by atoms with E-state index in [2.05, 4.69) is 4.98 Å². The Hall–Kier alpha value is -2.72. The van der Waals surface area contributed by atoms with Gasteiger partial charge in [-0.2, -0.15) is 4.31 Å². The van der Waals surface area contributed by atoms with Gasteiger partial charge in [-0.3, -0.25) is 9.69 Å². The Morgan fingerprint density at radius 2 is 2.00 bits per heavy atom. The summed E-state index contributed by atoms with van der Waals surface area (Å²) in [6.07, 6.45) is 2.57. The van der Waals surface area contributed by atoms with E-state index in [1.54, 1.807) is 42.5 Å². The molecule has 0 radical (unpaired) electrons. The second-order valence-corrected chi connectivity index (χ2v) is 11.5. The van der Waals surface area contributed by atoms with Gasteiger partial charge in [0.25, 0.3) is 0 Å². The molecule has 0 spiro atoms. The van der Waals surface area contributed by atoms with Gasteiger partial charge in [0.2, 0.25) is 15.9 Å².